The van der Waals surface area contributed by atoms with Gasteiger partial charge in [0.25, 0.3) is 0 Å². The number of H-pyrrole nitrogens is 8. The van der Waals surface area contributed by atoms with E-state index in [1.807, 2.05) is 0 Å². The topological polar surface area (TPSA) is 531 Å². The molecule has 0 aliphatic heterocycles. The van der Waals surface area contributed by atoms with Crippen LogP contribution in [0.15, 0.2) is 100 Å². The molecule has 0 fully saturated rings. The van der Waals surface area contributed by atoms with Crippen LogP contribution in [0.4, 0.5) is 0 Å². The van der Waals surface area contributed by atoms with Crippen molar-refractivity contribution in [3.63, 3.8) is 0 Å². The summed E-state index contributed by atoms with van der Waals surface area (Å²) < 4.78 is 0. The molecule has 35 nitrogen and oxygen atoms in total. The molecule has 8 heterocycles. The SMILES string of the molecule is NCCCC[C@@H](C=O)NC(=O)[C@H](Cc1cnc[nH]1)NC(=O)[C@H](Cc1cnc[nH]1)NC(=O)[C@H](Cc1cnc[nH]1)NC(=O)[C@H](Cc1cnc[nH]1)NC(=O)[C@H](Cc1cnc[nH]1)NC(=O)[C@H](Cc1cnc[nH]1)NC(=O)[C@H](Cc1cnc[nH]1)NC(=O)[C@@H](N)Cc1cnc[nH]1. The predicted molar refractivity (Wildman–Crippen MR) is 311 cm³/mol. The van der Waals surface area contributed by atoms with Gasteiger partial charge in [-0.2, -0.15) is 0 Å². The van der Waals surface area contributed by atoms with Crippen LogP contribution in [0, 0.1) is 0 Å². The molecule has 0 bridgehead atoms. The maximum atomic E-state index is 14.9. The number of unbranched alkanes of at least 4 members (excludes halogenated alkanes) is 1. The summed E-state index contributed by atoms with van der Waals surface area (Å²) in [6.45, 7) is 0.388. The average molecular weight is 1230 g/mol. The first-order valence-corrected chi connectivity index (χ1v) is 28.3. The zero-order chi connectivity index (χ0) is 62.9. The number of nitrogens with two attached hydrogens (primary N) is 2. The quantitative estimate of drug-likeness (QED) is 0.0128. The summed E-state index contributed by atoms with van der Waals surface area (Å²) in [6.07, 6.45) is 23.5. The summed E-state index contributed by atoms with van der Waals surface area (Å²) >= 11 is 0. The molecular formula is C54H70N26O9. The summed E-state index contributed by atoms with van der Waals surface area (Å²) in [5.41, 5.74) is 15.4. The van der Waals surface area contributed by atoms with Crippen molar-refractivity contribution < 1.29 is 43.2 Å². The highest BCUT2D eigenvalue weighted by atomic mass is 16.2. The number of nitrogens with one attached hydrogen (secondary N) is 16. The monoisotopic (exact) mass is 1230 g/mol. The normalized spacial score (nSPS) is 14.3. The zero-order valence-electron chi connectivity index (χ0n) is 47.9. The lowest BCUT2D eigenvalue weighted by molar-refractivity contribution is -0.135. The lowest BCUT2D eigenvalue weighted by Gasteiger charge is -2.28. The molecule has 35 heteroatoms. The van der Waals surface area contributed by atoms with E-state index in [2.05, 4.69) is 122 Å². The molecule has 0 saturated carbocycles. The molecule has 0 unspecified atom stereocenters. The largest absolute Gasteiger partial charge is 0.348 e. The van der Waals surface area contributed by atoms with Crippen LogP contribution in [0.1, 0.15) is 64.8 Å². The van der Waals surface area contributed by atoms with Crippen LogP contribution in [-0.4, -0.2) is 194 Å². The summed E-state index contributed by atoms with van der Waals surface area (Å²) in [6, 6.07) is -11.9. The number of carbonyl (C=O) groups excluding carboxylic acids is 9. The third-order valence-electron chi connectivity index (χ3n) is 14.1. The Hall–Kier alpha value is -11.0. The average Bonchev–Trinajstić information content (AvgIpc) is 3.75. The first-order chi connectivity index (χ1) is 43.2. The lowest BCUT2D eigenvalue weighted by atomic mass is 10.0. The molecular weight excluding hydrogens is 1160 g/mol. The maximum Gasteiger partial charge on any atom is 0.243 e. The zero-order valence-corrected chi connectivity index (χ0v) is 47.9. The van der Waals surface area contributed by atoms with Gasteiger partial charge in [0, 0.05) is 146 Å². The van der Waals surface area contributed by atoms with E-state index >= 15 is 0 Å². The predicted octanol–water partition coefficient (Wildman–Crippen LogP) is -4.75. The number of imidazole rings is 8. The molecule has 89 heavy (non-hydrogen) atoms. The smallest absolute Gasteiger partial charge is 0.243 e. The van der Waals surface area contributed by atoms with Gasteiger partial charge in [-0.05, 0) is 25.8 Å². The van der Waals surface area contributed by atoms with E-state index in [-0.39, 0.29) is 51.4 Å². The van der Waals surface area contributed by atoms with Gasteiger partial charge >= 0.3 is 0 Å². The highest BCUT2D eigenvalue weighted by molar-refractivity contribution is 5.98. The Labute approximate surface area is 506 Å². The molecule has 20 N–H and O–H groups in total. The minimum absolute atomic E-state index is 0.0658. The number of aromatic nitrogens is 16. The van der Waals surface area contributed by atoms with Gasteiger partial charge in [-0.15, -0.1) is 0 Å². The van der Waals surface area contributed by atoms with E-state index < -0.39 is 102 Å². The molecule has 0 spiro atoms. The van der Waals surface area contributed by atoms with Crippen LogP contribution in [0.2, 0.25) is 0 Å². The highest BCUT2D eigenvalue weighted by Gasteiger charge is 2.36. The van der Waals surface area contributed by atoms with E-state index in [0.29, 0.717) is 77.6 Å². The molecule has 0 aromatic carbocycles. The summed E-state index contributed by atoms with van der Waals surface area (Å²) in [4.78, 5) is 183. The molecule has 470 valence electrons. The van der Waals surface area contributed by atoms with E-state index in [0.717, 1.165) is 0 Å². The Kier molecular flexibility index (Phi) is 23.4. The first-order valence-electron chi connectivity index (χ1n) is 28.3. The van der Waals surface area contributed by atoms with Crippen molar-refractivity contribution >= 4 is 53.5 Å². The van der Waals surface area contributed by atoms with Crippen molar-refractivity contribution in [3.8, 4) is 0 Å². The number of hydrogen-bond acceptors (Lipinski definition) is 19. The van der Waals surface area contributed by atoms with Crippen LogP contribution in [0.5, 0.6) is 0 Å². The van der Waals surface area contributed by atoms with E-state index in [9.17, 15) is 43.2 Å². The minimum atomic E-state index is -1.51. The van der Waals surface area contributed by atoms with Gasteiger partial charge in [0.2, 0.25) is 47.3 Å². The Morgan fingerprint density at radius 1 is 0.337 bits per heavy atom. The molecule has 9 atom stereocenters. The lowest BCUT2D eigenvalue weighted by Crippen LogP contribution is -2.61. The fraction of sp³-hybridized carbons (Fsp3) is 0.389. The fourth-order valence-electron chi connectivity index (χ4n) is 9.38. The molecule has 8 aromatic rings. The minimum Gasteiger partial charge on any atom is -0.348 e. The Bertz CT molecular complexity index is 3430. The number of aldehydes is 1. The van der Waals surface area contributed by atoms with Gasteiger partial charge in [-0.3, -0.25) is 38.4 Å². The van der Waals surface area contributed by atoms with E-state index in [1.54, 1.807) is 0 Å². The standard InChI is InChI=1S/C54H70N26O9/c55-4-2-1-3-30(21-81)73-48(83)40(6-32-14-58-23-66-32)75-50(85)42(8-34-16-60-25-68-34)77-52(87)44(10-36-18-62-27-70-36)79-54(89)46(12-38-20-64-29-72-38)80-53(88)45(11-37-19-63-28-71-37)78-51(86)43(9-35-17-61-26-69-35)76-49(84)41(7-33-15-59-24-67-33)74-47(82)39(56)5-31-13-57-22-65-31/h13-30,39-46H,1-12,55-56H2,(H,57,65)(H,58,66)(H,59,67)(H,60,68)(H,61,69)(H,62,70)(H,63,71)(H,64,72)(H,73,83)(H,74,82)(H,75,85)(H,76,84)(H,77,87)(H,78,86)(H,79,89)(H,80,88)/t30-,39-,40-,41-,42-,43-,44-,45-,46-/m0/s1. The fourth-order valence-corrected chi connectivity index (χ4v) is 9.38. The van der Waals surface area contributed by atoms with Crippen molar-refractivity contribution in [2.75, 3.05) is 6.54 Å². The second kappa shape index (κ2) is 32.5. The Morgan fingerprint density at radius 2 is 0.551 bits per heavy atom. The van der Waals surface area contributed by atoms with Gasteiger partial charge in [0.1, 0.15) is 48.6 Å². The third kappa shape index (κ3) is 19.8. The number of hydrogen-bond donors (Lipinski definition) is 18. The summed E-state index contributed by atoms with van der Waals surface area (Å²) in [7, 11) is 0. The second-order valence-corrected chi connectivity index (χ2v) is 20.8. The highest BCUT2D eigenvalue weighted by Crippen LogP contribution is 2.12. The molecule has 0 aliphatic carbocycles. The van der Waals surface area contributed by atoms with Gasteiger partial charge in [-0.25, -0.2) is 39.9 Å². The van der Waals surface area contributed by atoms with E-state index in [4.69, 9.17) is 11.5 Å². The number of aromatic amines is 8. The van der Waals surface area contributed by atoms with Crippen molar-refractivity contribution in [1.29, 1.82) is 0 Å². The number of rotatable bonds is 37. The van der Waals surface area contributed by atoms with Crippen LogP contribution < -0.4 is 54.0 Å². The molecule has 0 saturated heterocycles. The van der Waals surface area contributed by atoms with Crippen molar-refractivity contribution in [3.05, 3.63) is 146 Å². The molecule has 8 aromatic heterocycles. The molecule has 0 radical (unpaired) electrons. The molecule has 8 amide bonds. The number of nitrogens with zero attached hydrogens (tertiary/aromatic N) is 8. The third-order valence-corrected chi connectivity index (χ3v) is 14.1. The Morgan fingerprint density at radius 3 is 0.753 bits per heavy atom. The van der Waals surface area contributed by atoms with Crippen LogP contribution >= 0.6 is 0 Å². The van der Waals surface area contributed by atoms with Crippen molar-refractivity contribution in [2.45, 2.75) is 125 Å². The van der Waals surface area contributed by atoms with Gasteiger partial charge in [0.15, 0.2) is 0 Å². The molecule has 0 aliphatic rings. The molecule has 8 rings (SSSR count). The van der Waals surface area contributed by atoms with E-state index in [1.165, 1.54) is 100 Å². The van der Waals surface area contributed by atoms with Gasteiger partial charge < -0.3 is 98.7 Å². The first kappa shape index (κ1) is 64.0. The Balaban J connectivity index is 1.02. The summed E-state index contributed by atoms with van der Waals surface area (Å²) in [5.74, 6) is -6.55. The number of amides is 8. The maximum absolute atomic E-state index is 14.9. The second-order valence-electron chi connectivity index (χ2n) is 20.8. The van der Waals surface area contributed by atoms with Gasteiger partial charge in [-0.1, -0.05) is 0 Å². The van der Waals surface area contributed by atoms with Crippen molar-refractivity contribution in [1.82, 2.24) is 122 Å². The van der Waals surface area contributed by atoms with Crippen LogP contribution in [0.3, 0.4) is 0 Å². The van der Waals surface area contributed by atoms with Crippen molar-refractivity contribution in [2.24, 2.45) is 11.5 Å². The number of carbonyl (C=O) groups is 9. The van der Waals surface area contributed by atoms with Gasteiger partial charge in [0.05, 0.1) is 62.7 Å². The van der Waals surface area contributed by atoms with Crippen LogP contribution in [0.25, 0.3) is 0 Å². The van der Waals surface area contributed by atoms with Crippen LogP contribution in [-0.2, 0) is 94.5 Å². The summed E-state index contributed by atoms with van der Waals surface area (Å²) in [5, 5.41) is 21.8.